The number of rotatable bonds is 6. The smallest absolute Gasteiger partial charge is 0.227 e. The lowest BCUT2D eigenvalue weighted by Crippen LogP contribution is -2.35. The summed E-state index contributed by atoms with van der Waals surface area (Å²) >= 11 is 0. The molecule has 2 N–H and O–H groups in total. The fourth-order valence-corrected chi connectivity index (χ4v) is 5.47. The zero-order valence-electron chi connectivity index (χ0n) is 17.2. The molecule has 0 aliphatic carbocycles. The van der Waals surface area contributed by atoms with Gasteiger partial charge in [-0.2, -0.15) is 4.98 Å². The summed E-state index contributed by atoms with van der Waals surface area (Å²) in [5.41, 5.74) is 2.30. The van der Waals surface area contributed by atoms with Crippen molar-refractivity contribution in [3.05, 3.63) is 41.6 Å². The Morgan fingerprint density at radius 1 is 1.21 bits per heavy atom. The number of piperidine rings is 1. The number of aryl methyl sites for hydroxylation is 1. The van der Waals surface area contributed by atoms with E-state index >= 15 is 0 Å². The van der Waals surface area contributed by atoms with Crippen LogP contribution < -0.4 is 10.2 Å². The minimum absolute atomic E-state index is 0.0148. The third-order valence-electron chi connectivity index (χ3n) is 6.05. The Morgan fingerprint density at radius 3 is 2.59 bits per heavy atom. The highest BCUT2D eigenvalue weighted by molar-refractivity contribution is 7.85. The van der Waals surface area contributed by atoms with Gasteiger partial charge in [-0.25, -0.2) is 4.98 Å². The van der Waals surface area contributed by atoms with Crippen molar-refractivity contribution in [3.8, 4) is 0 Å². The second-order valence-electron chi connectivity index (χ2n) is 8.30. The number of aliphatic hydroxyl groups is 1. The Balaban J connectivity index is 1.55. The first-order valence-corrected chi connectivity index (χ1v) is 11.8. The molecule has 7 heteroatoms. The van der Waals surface area contributed by atoms with Gasteiger partial charge in [0.25, 0.3) is 0 Å². The SMILES string of the molecule is CC(C)[C@H](CO)Nc1nc(N2CCC(c3ccccc3)CC2)nc2c1S(=O)CC2. The summed E-state index contributed by atoms with van der Waals surface area (Å²) in [6.07, 6.45) is 2.87. The molecule has 1 saturated heterocycles. The second-order valence-corrected chi connectivity index (χ2v) is 9.80. The number of nitrogens with zero attached hydrogens (tertiary/aromatic N) is 3. The average molecular weight is 415 g/mol. The molecular formula is C22H30N4O2S. The predicted octanol–water partition coefficient (Wildman–Crippen LogP) is 2.95. The molecule has 1 aromatic heterocycles. The van der Waals surface area contributed by atoms with Gasteiger partial charge in [-0.05, 0) is 30.2 Å². The standard InChI is InChI=1S/C22H30N4O2S/c1-15(2)19(14-27)23-21-20-18(10-13-29(20)28)24-22(25-21)26-11-8-17(9-12-26)16-6-4-3-5-7-16/h3-7,15,17,19,27H,8-14H2,1-2H3,(H,23,24,25)/t19-,29?/m0/s1. The third-order valence-corrected chi connectivity index (χ3v) is 7.51. The van der Waals surface area contributed by atoms with E-state index in [1.54, 1.807) is 0 Å². The number of hydrogen-bond acceptors (Lipinski definition) is 6. The third kappa shape index (κ3) is 4.31. The van der Waals surface area contributed by atoms with Gasteiger partial charge in [-0.1, -0.05) is 44.2 Å². The number of fused-ring (bicyclic) bond motifs is 1. The maximum Gasteiger partial charge on any atom is 0.227 e. The number of aromatic nitrogens is 2. The molecule has 2 atom stereocenters. The van der Waals surface area contributed by atoms with Gasteiger partial charge in [-0.3, -0.25) is 4.21 Å². The van der Waals surface area contributed by atoms with E-state index in [-0.39, 0.29) is 18.6 Å². The molecule has 4 rings (SSSR count). The van der Waals surface area contributed by atoms with Crippen LogP contribution in [0.2, 0.25) is 0 Å². The summed E-state index contributed by atoms with van der Waals surface area (Å²) in [4.78, 5) is 12.5. The van der Waals surface area contributed by atoms with Crippen molar-refractivity contribution in [2.24, 2.45) is 5.92 Å². The Morgan fingerprint density at radius 2 is 1.93 bits per heavy atom. The molecule has 1 aromatic carbocycles. The largest absolute Gasteiger partial charge is 0.394 e. The van der Waals surface area contributed by atoms with Gasteiger partial charge in [0.1, 0.15) is 10.7 Å². The Labute approximate surface area is 175 Å². The predicted molar refractivity (Wildman–Crippen MR) is 117 cm³/mol. The van der Waals surface area contributed by atoms with Crippen LogP contribution in [0.4, 0.5) is 11.8 Å². The molecule has 0 amide bonds. The minimum Gasteiger partial charge on any atom is -0.394 e. The summed E-state index contributed by atoms with van der Waals surface area (Å²) in [7, 11) is -1.07. The van der Waals surface area contributed by atoms with Crippen LogP contribution in [0.25, 0.3) is 0 Å². The van der Waals surface area contributed by atoms with Crippen LogP contribution in [0.1, 0.15) is 43.9 Å². The molecule has 1 fully saturated rings. The lowest BCUT2D eigenvalue weighted by molar-refractivity contribution is 0.249. The normalized spacial score (nSPS) is 20.7. The van der Waals surface area contributed by atoms with E-state index in [4.69, 9.17) is 9.97 Å². The first-order chi connectivity index (χ1) is 14.1. The van der Waals surface area contributed by atoms with Crippen molar-refractivity contribution < 1.29 is 9.32 Å². The van der Waals surface area contributed by atoms with Crippen molar-refractivity contribution in [2.75, 3.05) is 35.7 Å². The second kappa shape index (κ2) is 8.79. The van der Waals surface area contributed by atoms with E-state index in [0.717, 1.165) is 48.9 Å². The summed E-state index contributed by atoms with van der Waals surface area (Å²) < 4.78 is 12.5. The van der Waals surface area contributed by atoms with E-state index in [1.807, 2.05) is 0 Å². The van der Waals surface area contributed by atoms with Crippen molar-refractivity contribution in [1.29, 1.82) is 0 Å². The van der Waals surface area contributed by atoms with Crippen LogP contribution in [0.3, 0.4) is 0 Å². The molecule has 3 heterocycles. The van der Waals surface area contributed by atoms with Gasteiger partial charge >= 0.3 is 0 Å². The number of hydrogen-bond donors (Lipinski definition) is 2. The first-order valence-electron chi connectivity index (χ1n) is 10.5. The van der Waals surface area contributed by atoms with E-state index in [9.17, 15) is 9.32 Å². The fraction of sp³-hybridized carbons (Fsp3) is 0.545. The molecule has 0 radical (unpaired) electrons. The highest BCUT2D eigenvalue weighted by atomic mass is 32.2. The number of nitrogens with one attached hydrogen (secondary N) is 1. The monoisotopic (exact) mass is 414 g/mol. The molecule has 156 valence electrons. The zero-order valence-corrected chi connectivity index (χ0v) is 18.0. The highest BCUT2D eigenvalue weighted by Crippen LogP contribution is 2.33. The maximum atomic E-state index is 12.5. The van der Waals surface area contributed by atoms with Gasteiger partial charge < -0.3 is 15.3 Å². The van der Waals surface area contributed by atoms with Gasteiger partial charge in [0, 0.05) is 25.3 Å². The van der Waals surface area contributed by atoms with Crippen LogP contribution in [0.5, 0.6) is 0 Å². The average Bonchev–Trinajstić information content (AvgIpc) is 3.13. The molecule has 2 aliphatic rings. The van der Waals surface area contributed by atoms with Gasteiger partial charge in [0.2, 0.25) is 5.95 Å². The van der Waals surface area contributed by atoms with E-state index in [1.165, 1.54) is 5.56 Å². The van der Waals surface area contributed by atoms with Crippen molar-refractivity contribution >= 4 is 22.6 Å². The Bertz CT molecular complexity index is 867. The van der Waals surface area contributed by atoms with Crippen molar-refractivity contribution in [2.45, 2.75) is 50.0 Å². The van der Waals surface area contributed by atoms with Crippen LogP contribution in [0.15, 0.2) is 35.2 Å². The molecule has 1 unspecified atom stereocenters. The quantitative estimate of drug-likeness (QED) is 0.757. The molecule has 0 spiro atoms. The van der Waals surface area contributed by atoms with Crippen LogP contribution >= 0.6 is 0 Å². The highest BCUT2D eigenvalue weighted by Gasteiger charge is 2.30. The van der Waals surface area contributed by atoms with Gasteiger partial charge in [-0.15, -0.1) is 0 Å². The van der Waals surface area contributed by atoms with Gasteiger partial charge in [0.05, 0.1) is 29.1 Å². The topological polar surface area (TPSA) is 78.3 Å². The molecule has 29 heavy (non-hydrogen) atoms. The molecule has 0 saturated carbocycles. The maximum absolute atomic E-state index is 12.5. The molecule has 2 aliphatic heterocycles. The molecular weight excluding hydrogens is 384 g/mol. The van der Waals surface area contributed by atoms with Crippen LogP contribution in [-0.2, 0) is 17.2 Å². The van der Waals surface area contributed by atoms with E-state index < -0.39 is 10.8 Å². The summed E-state index contributed by atoms with van der Waals surface area (Å²) in [6, 6.07) is 10.6. The number of aliphatic hydroxyl groups excluding tert-OH is 1. The zero-order chi connectivity index (χ0) is 20.4. The first kappa shape index (κ1) is 20.3. The van der Waals surface area contributed by atoms with Crippen molar-refractivity contribution in [1.82, 2.24) is 9.97 Å². The summed E-state index contributed by atoms with van der Waals surface area (Å²) in [5, 5.41) is 13.1. The fourth-order valence-electron chi connectivity index (χ4n) is 4.16. The lowest BCUT2D eigenvalue weighted by atomic mass is 9.90. The van der Waals surface area contributed by atoms with Crippen LogP contribution in [-0.4, -0.2) is 50.8 Å². The van der Waals surface area contributed by atoms with Gasteiger partial charge in [0.15, 0.2) is 0 Å². The summed E-state index contributed by atoms with van der Waals surface area (Å²) in [5.74, 6) is 2.78. The summed E-state index contributed by atoms with van der Waals surface area (Å²) in [6.45, 7) is 5.95. The van der Waals surface area contributed by atoms with E-state index in [2.05, 4.69) is 54.4 Å². The van der Waals surface area contributed by atoms with E-state index in [0.29, 0.717) is 17.5 Å². The minimum atomic E-state index is -1.07. The van der Waals surface area contributed by atoms with Crippen LogP contribution in [0, 0.1) is 5.92 Å². The molecule has 2 aromatic rings. The number of benzene rings is 1. The Hall–Kier alpha value is -1.99. The lowest BCUT2D eigenvalue weighted by Gasteiger charge is -2.33. The number of anilines is 2. The molecule has 6 nitrogen and oxygen atoms in total. The Kier molecular flexibility index (Phi) is 6.15. The van der Waals surface area contributed by atoms with Crippen molar-refractivity contribution in [3.63, 3.8) is 0 Å². The molecule has 0 bridgehead atoms.